The largest absolute Gasteiger partial charge is 0.491 e. The number of sulfonamides is 1. The molecule has 0 radical (unpaired) electrons. The summed E-state index contributed by atoms with van der Waals surface area (Å²) < 4.78 is 61.6. The number of nitrogens with zero attached hydrogens (tertiary/aromatic N) is 2. The highest BCUT2D eigenvalue weighted by Crippen LogP contribution is 2.23. The summed E-state index contributed by atoms with van der Waals surface area (Å²) in [6, 6.07) is 8.93. The van der Waals surface area contributed by atoms with Gasteiger partial charge in [-0.15, -0.1) is 0 Å². The second-order valence-electron chi connectivity index (χ2n) is 6.17. The van der Waals surface area contributed by atoms with Gasteiger partial charge in [0.15, 0.2) is 11.6 Å². The van der Waals surface area contributed by atoms with E-state index in [9.17, 15) is 22.0 Å². The third kappa shape index (κ3) is 5.11. The number of anilines is 1. The summed E-state index contributed by atoms with van der Waals surface area (Å²) >= 11 is 0. The molecule has 0 amide bonds. The van der Waals surface area contributed by atoms with Crippen molar-refractivity contribution in [2.75, 3.05) is 11.3 Å². The van der Waals surface area contributed by atoms with Crippen LogP contribution in [-0.2, 0) is 14.8 Å². The van der Waals surface area contributed by atoms with Crippen molar-refractivity contribution in [3.05, 3.63) is 66.5 Å². The molecule has 0 unspecified atom stereocenters. The van der Waals surface area contributed by atoms with Gasteiger partial charge in [-0.2, -0.15) is 5.10 Å². The number of halogens is 2. The van der Waals surface area contributed by atoms with Crippen LogP contribution in [0.2, 0.25) is 0 Å². The van der Waals surface area contributed by atoms with Crippen molar-refractivity contribution in [2.24, 2.45) is 0 Å². The fraction of sp³-hybridized carbons (Fsp3) is 0.158. The number of carboxylic acid groups (broad SMARTS) is 1. The molecule has 0 fully saturated rings. The predicted octanol–water partition coefficient (Wildman–Crippen LogP) is 3.19. The third-order valence-corrected chi connectivity index (χ3v) is 5.32. The number of aromatic nitrogens is 2. The van der Waals surface area contributed by atoms with E-state index in [0.717, 1.165) is 18.2 Å². The molecule has 11 heteroatoms. The molecule has 0 aliphatic heterocycles. The van der Waals surface area contributed by atoms with Gasteiger partial charge in [-0.25, -0.2) is 21.9 Å². The molecule has 0 saturated heterocycles. The van der Waals surface area contributed by atoms with Crippen LogP contribution in [0.3, 0.4) is 0 Å². The quantitative estimate of drug-likeness (QED) is 0.498. The molecule has 2 aromatic carbocycles. The summed E-state index contributed by atoms with van der Waals surface area (Å²) in [5.41, 5.74) is 0.200. The molecule has 0 atom stereocenters. The van der Waals surface area contributed by atoms with E-state index in [-0.39, 0.29) is 41.5 Å². The van der Waals surface area contributed by atoms with Crippen LogP contribution in [-0.4, -0.2) is 35.9 Å². The zero-order valence-corrected chi connectivity index (χ0v) is 16.3. The lowest BCUT2D eigenvalue weighted by Crippen LogP contribution is -2.13. The molecular weight excluding hydrogens is 420 g/mol. The highest BCUT2D eigenvalue weighted by atomic mass is 32.2. The number of hydrogen-bond donors (Lipinski definition) is 2. The molecule has 1 heterocycles. The van der Waals surface area contributed by atoms with E-state index >= 15 is 0 Å². The lowest BCUT2D eigenvalue weighted by atomic mass is 10.3. The molecule has 0 aliphatic rings. The predicted molar refractivity (Wildman–Crippen MR) is 103 cm³/mol. The summed E-state index contributed by atoms with van der Waals surface area (Å²) in [7, 11) is -4.14. The zero-order chi connectivity index (χ0) is 21.7. The molecule has 0 aliphatic carbocycles. The number of rotatable bonds is 9. The maximum atomic E-state index is 14.2. The Hall–Kier alpha value is -3.47. The average molecular weight is 437 g/mol. The number of ether oxygens (including phenoxy) is 1. The number of hydrogen-bond acceptors (Lipinski definition) is 5. The monoisotopic (exact) mass is 437 g/mol. The van der Waals surface area contributed by atoms with E-state index in [1.54, 1.807) is 6.07 Å². The Balaban J connectivity index is 1.71. The van der Waals surface area contributed by atoms with E-state index in [1.165, 1.54) is 35.3 Å². The highest BCUT2D eigenvalue weighted by Gasteiger charge is 2.18. The Morgan fingerprint density at radius 3 is 2.63 bits per heavy atom. The molecule has 0 spiro atoms. The summed E-state index contributed by atoms with van der Waals surface area (Å²) in [6.07, 6.45) is 2.54. The van der Waals surface area contributed by atoms with Crippen molar-refractivity contribution < 1.29 is 31.8 Å². The lowest BCUT2D eigenvalue weighted by Gasteiger charge is -2.09. The molecule has 2 N–H and O–H groups in total. The van der Waals surface area contributed by atoms with Crippen LogP contribution >= 0.6 is 0 Å². The fourth-order valence-electron chi connectivity index (χ4n) is 2.53. The van der Waals surface area contributed by atoms with E-state index in [2.05, 4.69) is 9.82 Å². The van der Waals surface area contributed by atoms with E-state index < -0.39 is 27.6 Å². The van der Waals surface area contributed by atoms with Gasteiger partial charge in [0, 0.05) is 6.42 Å². The maximum absolute atomic E-state index is 14.2. The number of nitrogens with one attached hydrogen (secondary N) is 1. The Morgan fingerprint density at radius 2 is 1.93 bits per heavy atom. The highest BCUT2D eigenvalue weighted by molar-refractivity contribution is 7.92. The molecule has 3 aromatic rings. The molecule has 158 valence electrons. The third-order valence-electron chi connectivity index (χ3n) is 3.94. The first kappa shape index (κ1) is 21.2. The summed E-state index contributed by atoms with van der Waals surface area (Å²) in [5.74, 6) is -2.62. The molecule has 8 nitrogen and oxygen atoms in total. The van der Waals surface area contributed by atoms with Crippen LogP contribution < -0.4 is 9.46 Å². The zero-order valence-electron chi connectivity index (χ0n) is 15.5. The molecule has 0 bridgehead atoms. The number of carboxylic acids is 1. The van der Waals surface area contributed by atoms with Crippen LogP contribution in [0.1, 0.15) is 12.8 Å². The Bertz CT molecular complexity index is 1160. The average Bonchev–Trinajstić information content (AvgIpc) is 3.13. The lowest BCUT2D eigenvalue weighted by molar-refractivity contribution is -0.137. The molecule has 0 saturated carbocycles. The standard InChI is InChI=1S/C19H17F2N3O5S/c20-15-4-1-2-5-17(15)24-12-13(11-22-24)23-30(27,28)14-7-8-18(16(21)10-14)29-9-3-6-19(25)26/h1-2,4-5,7-8,10-12,23H,3,6,9H2,(H,25,26). The van der Waals surface area contributed by atoms with Gasteiger partial charge in [-0.1, -0.05) is 12.1 Å². The topological polar surface area (TPSA) is 111 Å². The Kier molecular flexibility index (Phi) is 6.31. The smallest absolute Gasteiger partial charge is 0.303 e. The van der Waals surface area contributed by atoms with E-state index in [4.69, 9.17) is 9.84 Å². The van der Waals surface area contributed by atoms with Gasteiger partial charge in [0.2, 0.25) is 0 Å². The van der Waals surface area contributed by atoms with Gasteiger partial charge in [0.1, 0.15) is 11.5 Å². The van der Waals surface area contributed by atoms with Gasteiger partial charge in [0.05, 0.1) is 29.6 Å². The summed E-state index contributed by atoms with van der Waals surface area (Å²) in [5, 5.41) is 12.5. The van der Waals surface area contributed by atoms with Crippen LogP contribution in [0.25, 0.3) is 5.69 Å². The van der Waals surface area contributed by atoms with Crippen LogP contribution in [0, 0.1) is 11.6 Å². The van der Waals surface area contributed by atoms with Crippen molar-refractivity contribution in [2.45, 2.75) is 17.7 Å². The number of aliphatic carboxylic acids is 1. The van der Waals surface area contributed by atoms with Crippen molar-refractivity contribution in [1.29, 1.82) is 0 Å². The summed E-state index contributed by atoms with van der Waals surface area (Å²) in [4.78, 5) is 10.1. The van der Waals surface area contributed by atoms with E-state index in [0.29, 0.717) is 0 Å². The number of benzene rings is 2. The van der Waals surface area contributed by atoms with Crippen LogP contribution in [0.4, 0.5) is 14.5 Å². The molecular formula is C19H17F2N3O5S. The SMILES string of the molecule is O=C(O)CCCOc1ccc(S(=O)(=O)Nc2cnn(-c3ccccc3F)c2)cc1F. The Morgan fingerprint density at radius 1 is 1.17 bits per heavy atom. The van der Waals surface area contributed by atoms with Crippen molar-refractivity contribution in [1.82, 2.24) is 9.78 Å². The minimum atomic E-state index is -4.14. The molecule has 1 aromatic heterocycles. The summed E-state index contributed by atoms with van der Waals surface area (Å²) in [6.45, 7) is -0.0250. The number of para-hydroxylation sites is 1. The van der Waals surface area contributed by atoms with Gasteiger partial charge in [0.25, 0.3) is 10.0 Å². The Labute approximate surface area is 170 Å². The fourth-order valence-corrected chi connectivity index (χ4v) is 3.57. The minimum absolute atomic E-state index is 0.0250. The van der Waals surface area contributed by atoms with Crippen LogP contribution in [0.15, 0.2) is 59.8 Å². The van der Waals surface area contributed by atoms with Crippen molar-refractivity contribution >= 4 is 21.7 Å². The first-order valence-electron chi connectivity index (χ1n) is 8.73. The molecule has 30 heavy (non-hydrogen) atoms. The minimum Gasteiger partial charge on any atom is -0.491 e. The number of carbonyl (C=O) groups is 1. The van der Waals surface area contributed by atoms with E-state index in [1.807, 2.05) is 0 Å². The normalized spacial score (nSPS) is 11.3. The first-order chi connectivity index (χ1) is 14.3. The van der Waals surface area contributed by atoms with Crippen molar-refractivity contribution in [3.63, 3.8) is 0 Å². The second kappa shape index (κ2) is 8.91. The molecule has 3 rings (SSSR count). The van der Waals surface area contributed by atoms with Gasteiger partial charge < -0.3 is 9.84 Å². The van der Waals surface area contributed by atoms with Crippen molar-refractivity contribution in [3.8, 4) is 11.4 Å². The van der Waals surface area contributed by atoms with Gasteiger partial charge in [-0.05, 0) is 36.8 Å². The van der Waals surface area contributed by atoms with Gasteiger partial charge >= 0.3 is 5.97 Å². The maximum Gasteiger partial charge on any atom is 0.303 e. The van der Waals surface area contributed by atoms with Gasteiger partial charge in [-0.3, -0.25) is 9.52 Å². The van der Waals surface area contributed by atoms with Crippen LogP contribution in [0.5, 0.6) is 5.75 Å². The first-order valence-corrected chi connectivity index (χ1v) is 10.2. The second-order valence-corrected chi connectivity index (χ2v) is 7.85.